The van der Waals surface area contributed by atoms with Gasteiger partial charge in [0.15, 0.2) is 5.16 Å². The monoisotopic (exact) mass is 262 g/mol. The van der Waals surface area contributed by atoms with Crippen molar-refractivity contribution in [2.75, 3.05) is 0 Å². The van der Waals surface area contributed by atoms with E-state index in [0.29, 0.717) is 0 Å². The van der Waals surface area contributed by atoms with Crippen molar-refractivity contribution < 1.29 is 0 Å². The molecule has 2 rings (SSSR count). The summed E-state index contributed by atoms with van der Waals surface area (Å²) in [6.07, 6.45) is 1.56. The van der Waals surface area contributed by atoms with E-state index in [9.17, 15) is 0 Å². The maximum absolute atomic E-state index is 6.28. The number of thioether (sulfide) groups is 1. The highest BCUT2D eigenvalue weighted by Crippen LogP contribution is 2.28. The van der Waals surface area contributed by atoms with E-state index in [1.54, 1.807) is 22.8 Å². The van der Waals surface area contributed by atoms with Crippen LogP contribution in [0.3, 0.4) is 0 Å². The molecule has 0 fully saturated rings. The number of nitrogens with zero attached hydrogens (tertiary/aromatic N) is 3. The van der Waals surface area contributed by atoms with Crippen LogP contribution in [0.5, 0.6) is 0 Å². The van der Waals surface area contributed by atoms with Crippen molar-refractivity contribution in [1.82, 2.24) is 14.8 Å². The van der Waals surface area contributed by atoms with E-state index in [2.05, 4.69) is 48.2 Å². The van der Waals surface area contributed by atoms with Gasteiger partial charge in [-0.1, -0.05) is 48.5 Å². The number of aryl methyl sites for hydroxylation is 2. The van der Waals surface area contributed by atoms with E-state index in [1.165, 1.54) is 5.56 Å². The Morgan fingerprint density at radius 3 is 2.50 bits per heavy atom. The minimum Gasteiger partial charge on any atom is -0.323 e. The fourth-order valence-electron chi connectivity index (χ4n) is 1.69. The Hall–Kier alpha value is -1.33. The molecule has 0 saturated carbocycles. The van der Waals surface area contributed by atoms with E-state index < -0.39 is 0 Å². The first-order chi connectivity index (χ1) is 8.58. The van der Waals surface area contributed by atoms with Gasteiger partial charge in [-0.2, -0.15) is 5.10 Å². The summed E-state index contributed by atoms with van der Waals surface area (Å²) in [6.45, 7) is 4.19. The average molecular weight is 262 g/mol. The summed E-state index contributed by atoms with van der Waals surface area (Å²) < 4.78 is 1.77. The van der Waals surface area contributed by atoms with E-state index >= 15 is 0 Å². The van der Waals surface area contributed by atoms with Crippen LogP contribution in [0, 0.1) is 6.92 Å². The molecule has 96 valence electrons. The zero-order valence-electron chi connectivity index (χ0n) is 10.9. The molecule has 5 heteroatoms. The molecule has 0 amide bonds. The Kier molecular flexibility index (Phi) is 4.04. The summed E-state index contributed by atoms with van der Waals surface area (Å²) in [5.74, 6) is 0. The van der Waals surface area contributed by atoms with Gasteiger partial charge in [0, 0.05) is 18.3 Å². The van der Waals surface area contributed by atoms with Gasteiger partial charge in [0.2, 0.25) is 0 Å². The van der Waals surface area contributed by atoms with Gasteiger partial charge in [-0.3, -0.25) is 0 Å². The van der Waals surface area contributed by atoms with Crippen molar-refractivity contribution in [2.24, 2.45) is 12.8 Å². The molecule has 0 aliphatic carbocycles. The van der Waals surface area contributed by atoms with Crippen molar-refractivity contribution >= 4 is 11.8 Å². The molecule has 0 aliphatic rings. The van der Waals surface area contributed by atoms with Crippen LogP contribution in [0.1, 0.15) is 24.1 Å². The number of hydrogen-bond acceptors (Lipinski definition) is 4. The predicted molar refractivity (Wildman–Crippen MR) is 74.4 cm³/mol. The summed E-state index contributed by atoms with van der Waals surface area (Å²) in [5, 5.41) is 5.20. The third kappa shape index (κ3) is 2.91. The smallest absolute Gasteiger partial charge is 0.186 e. The Labute approximate surface area is 112 Å². The number of aromatic nitrogens is 3. The number of rotatable bonds is 4. The zero-order valence-corrected chi connectivity index (χ0v) is 11.7. The van der Waals surface area contributed by atoms with Crippen LogP contribution < -0.4 is 5.73 Å². The van der Waals surface area contributed by atoms with E-state index in [4.69, 9.17) is 5.73 Å². The second-order valence-corrected chi connectivity index (χ2v) is 5.77. The quantitative estimate of drug-likeness (QED) is 0.859. The summed E-state index contributed by atoms with van der Waals surface area (Å²) in [7, 11) is 1.89. The molecule has 0 aliphatic heterocycles. The fraction of sp³-hybridized carbons (Fsp3) is 0.385. The number of hydrogen-bond donors (Lipinski definition) is 1. The van der Waals surface area contributed by atoms with Crippen molar-refractivity contribution in [2.45, 2.75) is 30.3 Å². The lowest BCUT2D eigenvalue weighted by molar-refractivity contribution is 0.670. The van der Waals surface area contributed by atoms with Crippen LogP contribution in [-0.2, 0) is 7.05 Å². The van der Waals surface area contributed by atoms with Gasteiger partial charge in [0.1, 0.15) is 6.33 Å². The molecule has 4 nitrogen and oxygen atoms in total. The molecule has 0 radical (unpaired) electrons. The molecule has 2 atom stereocenters. The molecular formula is C13H18N4S. The Morgan fingerprint density at radius 1 is 1.28 bits per heavy atom. The summed E-state index contributed by atoms with van der Waals surface area (Å²) in [5.41, 5.74) is 8.68. The lowest BCUT2D eigenvalue weighted by Crippen LogP contribution is -2.21. The number of benzene rings is 1. The molecule has 0 bridgehead atoms. The average Bonchev–Trinajstić information content (AvgIpc) is 2.75. The van der Waals surface area contributed by atoms with E-state index in [0.717, 1.165) is 10.7 Å². The standard InChI is InChI=1S/C13H18N4S/c1-9-4-6-11(7-5-9)12(14)10(2)18-13-15-8-16-17(13)3/h4-8,10,12H,14H2,1-3H3. The molecule has 2 N–H and O–H groups in total. The van der Waals surface area contributed by atoms with Gasteiger partial charge in [-0.25, -0.2) is 9.67 Å². The first kappa shape index (κ1) is 13.1. The number of nitrogens with two attached hydrogens (primary N) is 1. The van der Waals surface area contributed by atoms with Gasteiger partial charge in [0.05, 0.1) is 0 Å². The third-order valence-corrected chi connectivity index (χ3v) is 4.17. The maximum atomic E-state index is 6.28. The molecule has 0 spiro atoms. The normalized spacial score (nSPS) is 14.4. The summed E-state index contributed by atoms with van der Waals surface area (Å²) in [6, 6.07) is 8.36. The summed E-state index contributed by atoms with van der Waals surface area (Å²) >= 11 is 1.65. The highest BCUT2D eigenvalue weighted by molar-refractivity contribution is 7.99. The van der Waals surface area contributed by atoms with Crippen LogP contribution in [0.15, 0.2) is 35.7 Å². The maximum Gasteiger partial charge on any atom is 0.186 e. The summed E-state index contributed by atoms with van der Waals surface area (Å²) in [4.78, 5) is 4.21. The van der Waals surface area contributed by atoms with Gasteiger partial charge >= 0.3 is 0 Å². The van der Waals surface area contributed by atoms with Crippen molar-refractivity contribution in [3.05, 3.63) is 41.7 Å². The molecule has 1 aromatic heterocycles. The van der Waals surface area contributed by atoms with Crippen LogP contribution >= 0.6 is 11.8 Å². The second kappa shape index (κ2) is 5.54. The van der Waals surface area contributed by atoms with Gasteiger partial charge in [0.25, 0.3) is 0 Å². The SMILES string of the molecule is Cc1ccc(C(N)C(C)Sc2ncnn2C)cc1. The van der Waals surface area contributed by atoms with Crippen molar-refractivity contribution in [1.29, 1.82) is 0 Å². The lowest BCUT2D eigenvalue weighted by atomic mass is 10.0. The largest absolute Gasteiger partial charge is 0.323 e. The van der Waals surface area contributed by atoms with Crippen molar-refractivity contribution in [3.8, 4) is 0 Å². The van der Waals surface area contributed by atoms with Gasteiger partial charge in [-0.05, 0) is 12.5 Å². The van der Waals surface area contributed by atoms with E-state index in [1.807, 2.05) is 7.05 Å². The molecule has 1 aromatic carbocycles. The third-order valence-electron chi connectivity index (χ3n) is 2.93. The lowest BCUT2D eigenvalue weighted by Gasteiger charge is -2.19. The Balaban J connectivity index is 2.07. The van der Waals surface area contributed by atoms with Crippen LogP contribution in [0.4, 0.5) is 0 Å². The minimum atomic E-state index is -0.00713. The fourth-order valence-corrected chi connectivity index (χ4v) is 2.64. The highest BCUT2D eigenvalue weighted by Gasteiger charge is 2.18. The first-order valence-electron chi connectivity index (χ1n) is 5.90. The second-order valence-electron chi connectivity index (χ2n) is 4.43. The van der Waals surface area contributed by atoms with Crippen LogP contribution in [0.25, 0.3) is 0 Å². The van der Waals surface area contributed by atoms with Gasteiger partial charge in [-0.15, -0.1) is 0 Å². The molecule has 0 saturated heterocycles. The van der Waals surface area contributed by atoms with Crippen LogP contribution in [-0.4, -0.2) is 20.0 Å². The van der Waals surface area contributed by atoms with Crippen molar-refractivity contribution in [3.63, 3.8) is 0 Å². The molecule has 2 unspecified atom stereocenters. The highest BCUT2D eigenvalue weighted by atomic mass is 32.2. The zero-order chi connectivity index (χ0) is 13.1. The first-order valence-corrected chi connectivity index (χ1v) is 6.78. The molecule has 18 heavy (non-hydrogen) atoms. The Bertz CT molecular complexity index is 506. The minimum absolute atomic E-state index is 0.00713. The molecule has 2 aromatic rings. The van der Waals surface area contributed by atoms with Gasteiger partial charge < -0.3 is 5.73 Å². The molecule has 1 heterocycles. The molecular weight excluding hydrogens is 244 g/mol. The van der Waals surface area contributed by atoms with Crippen LogP contribution in [0.2, 0.25) is 0 Å². The van der Waals surface area contributed by atoms with E-state index in [-0.39, 0.29) is 11.3 Å². The Morgan fingerprint density at radius 2 is 1.94 bits per heavy atom. The topological polar surface area (TPSA) is 56.7 Å². The predicted octanol–water partition coefficient (Wildman–Crippen LogP) is 2.30.